The zero-order chi connectivity index (χ0) is 13.1. The molecule has 2 nitrogen and oxygen atoms in total. The zero-order valence-corrected chi connectivity index (χ0v) is 11.5. The van der Waals surface area contributed by atoms with Crippen LogP contribution in [0.3, 0.4) is 0 Å². The van der Waals surface area contributed by atoms with E-state index in [-0.39, 0.29) is 5.92 Å². The Morgan fingerprint density at radius 1 is 1.05 bits per heavy atom. The highest BCUT2D eigenvalue weighted by molar-refractivity contribution is 5.88. The van der Waals surface area contributed by atoms with Crippen LogP contribution in [0.2, 0.25) is 0 Å². The quantitative estimate of drug-likeness (QED) is 0.823. The van der Waals surface area contributed by atoms with Gasteiger partial charge in [-0.15, -0.1) is 0 Å². The third-order valence-corrected chi connectivity index (χ3v) is 4.70. The van der Waals surface area contributed by atoms with Gasteiger partial charge in [-0.25, -0.2) is 0 Å². The molecule has 2 heteroatoms. The molecule has 102 valence electrons. The van der Waals surface area contributed by atoms with Gasteiger partial charge in [0.05, 0.1) is 5.92 Å². The average Bonchev–Trinajstić information content (AvgIpc) is 2.75. The predicted molar refractivity (Wildman–Crippen MR) is 77.1 cm³/mol. The molecule has 1 unspecified atom stereocenters. The number of carbonyl (C=O) groups is 1. The number of hydrogen-bond acceptors (Lipinski definition) is 2. The maximum Gasteiger partial charge on any atom is 0.144 e. The molecular weight excluding hydrogens is 234 g/mol. The van der Waals surface area contributed by atoms with Gasteiger partial charge in [-0.2, -0.15) is 0 Å². The van der Waals surface area contributed by atoms with Crippen molar-refractivity contribution >= 4 is 5.78 Å². The van der Waals surface area contributed by atoms with E-state index in [1.165, 1.54) is 36.8 Å². The molecule has 0 amide bonds. The maximum absolute atomic E-state index is 12.8. The summed E-state index contributed by atoms with van der Waals surface area (Å²) in [4.78, 5) is 12.8. The molecule has 0 bridgehead atoms. The number of carbonyl (C=O) groups excluding carboxylic acids is 1. The summed E-state index contributed by atoms with van der Waals surface area (Å²) < 4.78 is 0. The highest BCUT2D eigenvalue weighted by Gasteiger charge is 2.31. The molecule has 1 aliphatic heterocycles. The van der Waals surface area contributed by atoms with Crippen molar-refractivity contribution in [1.29, 1.82) is 0 Å². The number of hydrogen-bond donors (Lipinski definition) is 1. The predicted octanol–water partition coefficient (Wildman–Crippen LogP) is 3.41. The lowest BCUT2D eigenvalue weighted by atomic mass is 9.80. The Morgan fingerprint density at radius 2 is 1.79 bits per heavy atom. The molecule has 3 rings (SSSR count). The second kappa shape index (κ2) is 5.87. The Hall–Kier alpha value is -1.15. The molecule has 1 heterocycles. The van der Waals surface area contributed by atoms with E-state index < -0.39 is 0 Å². The summed E-state index contributed by atoms with van der Waals surface area (Å²) in [6, 6.07) is 8.43. The van der Waals surface area contributed by atoms with Gasteiger partial charge in [-0.3, -0.25) is 4.79 Å². The monoisotopic (exact) mass is 257 g/mol. The maximum atomic E-state index is 12.8. The molecule has 1 atom stereocenters. The van der Waals surface area contributed by atoms with E-state index in [1.54, 1.807) is 0 Å². The summed E-state index contributed by atoms with van der Waals surface area (Å²) in [5, 5.41) is 3.41. The van der Waals surface area contributed by atoms with Crippen molar-refractivity contribution in [3.05, 3.63) is 35.4 Å². The van der Waals surface area contributed by atoms with Gasteiger partial charge in [0, 0.05) is 19.0 Å². The molecule has 19 heavy (non-hydrogen) atoms. The highest BCUT2D eigenvalue weighted by Crippen LogP contribution is 2.32. The first-order valence-corrected chi connectivity index (χ1v) is 7.68. The van der Waals surface area contributed by atoms with E-state index in [1.807, 2.05) is 0 Å². The number of ketones is 1. The lowest BCUT2D eigenvalue weighted by Crippen LogP contribution is -2.35. The van der Waals surface area contributed by atoms with E-state index in [9.17, 15) is 4.79 Å². The summed E-state index contributed by atoms with van der Waals surface area (Å²) >= 11 is 0. The Bertz CT molecular complexity index is 446. The first-order chi connectivity index (χ1) is 9.36. The molecule has 0 spiro atoms. The fraction of sp³-hybridized carbons (Fsp3) is 0.588. The molecular formula is C17H23NO. The molecule has 0 saturated heterocycles. The van der Waals surface area contributed by atoms with Crippen LogP contribution in [-0.4, -0.2) is 12.3 Å². The summed E-state index contributed by atoms with van der Waals surface area (Å²) in [5.41, 5.74) is 2.58. The number of fused-ring (bicyclic) bond motifs is 1. The number of benzene rings is 1. The van der Waals surface area contributed by atoms with Gasteiger partial charge in [0.2, 0.25) is 0 Å². The molecule has 1 saturated carbocycles. The summed E-state index contributed by atoms with van der Waals surface area (Å²) in [6.07, 6.45) is 7.30. The van der Waals surface area contributed by atoms with Crippen LogP contribution in [0.5, 0.6) is 0 Å². The van der Waals surface area contributed by atoms with Crippen LogP contribution in [0.4, 0.5) is 0 Å². The topological polar surface area (TPSA) is 29.1 Å². The van der Waals surface area contributed by atoms with Gasteiger partial charge < -0.3 is 5.32 Å². The summed E-state index contributed by atoms with van der Waals surface area (Å²) in [5.74, 6) is 0.884. The normalized spacial score (nSPS) is 24.5. The van der Waals surface area contributed by atoms with Crippen molar-refractivity contribution in [2.45, 2.75) is 51.0 Å². The third-order valence-electron chi connectivity index (χ3n) is 4.70. The lowest BCUT2D eigenvalue weighted by molar-refractivity contribution is -0.124. The van der Waals surface area contributed by atoms with Crippen molar-refractivity contribution in [3.63, 3.8) is 0 Å². The minimum absolute atomic E-state index is 0.0908. The molecule has 1 aromatic carbocycles. The number of nitrogens with one attached hydrogen (secondary N) is 1. The molecule has 2 aliphatic rings. The van der Waals surface area contributed by atoms with Crippen molar-refractivity contribution in [1.82, 2.24) is 5.32 Å². The molecule has 1 aromatic rings. The van der Waals surface area contributed by atoms with Crippen LogP contribution in [0.1, 0.15) is 55.6 Å². The fourth-order valence-corrected chi connectivity index (χ4v) is 3.60. The Kier molecular flexibility index (Phi) is 3.97. The zero-order valence-electron chi connectivity index (χ0n) is 11.5. The van der Waals surface area contributed by atoms with Gasteiger partial charge in [-0.1, -0.05) is 49.9 Å². The molecule has 1 N–H and O–H groups in total. The number of Topliss-reactive ketones (excluding diaryl/α,β-unsaturated/α-hetero) is 1. The van der Waals surface area contributed by atoms with E-state index >= 15 is 0 Å². The van der Waals surface area contributed by atoms with Crippen molar-refractivity contribution in [2.24, 2.45) is 5.92 Å². The minimum atomic E-state index is 0.0908. The Labute approximate surface area is 115 Å². The molecule has 1 fully saturated rings. The van der Waals surface area contributed by atoms with Crippen LogP contribution in [0.15, 0.2) is 24.3 Å². The summed E-state index contributed by atoms with van der Waals surface area (Å²) in [7, 11) is 0. The Morgan fingerprint density at radius 3 is 2.58 bits per heavy atom. The summed E-state index contributed by atoms with van der Waals surface area (Å²) in [6.45, 7) is 1.73. The first kappa shape index (κ1) is 12.9. The SMILES string of the molecule is O=C(C1CCCCCC1)C1CNCc2ccccc21. The first-order valence-electron chi connectivity index (χ1n) is 7.68. The van der Waals surface area contributed by atoms with E-state index in [0.29, 0.717) is 11.7 Å². The molecule has 0 radical (unpaired) electrons. The van der Waals surface area contributed by atoms with Crippen molar-refractivity contribution in [2.75, 3.05) is 6.54 Å². The van der Waals surface area contributed by atoms with Gasteiger partial charge in [0.1, 0.15) is 5.78 Å². The van der Waals surface area contributed by atoms with Crippen LogP contribution in [-0.2, 0) is 11.3 Å². The van der Waals surface area contributed by atoms with Crippen LogP contribution in [0.25, 0.3) is 0 Å². The largest absolute Gasteiger partial charge is 0.312 e. The molecule has 0 aromatic heterocycles. The lowest BCUT2D eigenvalue weighted by Gasteiger charge is -2.28. The van der Waals surface area contributed by atoms with Gasteiger partial charge >= 0.3 is 0 Å². The average molecular weight is 257 g/mol. The molecule has 1 aliphatic carbocycles. The van der Waals surface area contributed by atoms with Gasteiger partial charge in [-0.05, 0) is 24.0 Å². The second-order valence-corrected chi connectivity index (χ2v) is 5.97. The standard InChI is InChI=1S/C17H23NO/c19-17(13-7-3-1-2-4-8-13)16-12-18-11-14-9-5-6-10-15(14)16/h5-6,9-10,13,16,18H,1-4,7-8,11-12H2. The highest BCUT2D eigenvalue weighted by atomic mass is 16.1. The second-order valence-electron chi connectivity index (χ2n) is 5.97. The van der Waals surface area contributed by atoms with E-state index in [0.717, 1.165) is 25.9 Å². The van der Waals surface area contributed by atoms with Crippen LogP contribution in [0, 0.1) is 5.92 Å². The third kappa shape index (κ3) is 2.74. The van der Waals surface area contributed by atoms with Crippen LogP contribution < -0.4 is 5.32 Å². The smallest absolute Gasteiger partial charge is 0.144 e. The Balaban J connectivity index is 1.80. The van der Waals surface area contributed by atoms with Gasteiger partial charge in [0.15, 0.2) is 0 Å². The van der Waals surface area contributed by atoms with E-state index in [4.69, 9.17) is 0 Å². The van der Waals surface area contributed by atoms with Crippen LogP contribution >= 0.6 is 0 Å². The van der Waals surface area contributed by atoms with Crippen molar-refractivity contribution in [3.8, 4) is 0 Å². The van der Waals surface area contributed by atoms with Crippen molar-refractivity contribution < 1.29 is 4.79 Å². The van der Waals surface area contributed by atoms with E-state index in [2.05, 4.69) is 29.6 Å². The minimum Gasteiger partial charge on any atom is -0.312 e. The van der Waals surface area contributed by atoms with Gasteiger partial charge in [0.25, 0.3) is 0 Å². The fourth-order valence-electron chi connectivity index (χ4n) is 3.60. The number of rotatable bonds is 2.